The fraction of sp³-hybridized carbons (Fsp3) is 0.500. The van der Waals surface area contributed by atoms with E-state index >= 15 is 0 Å². The van der Waals surface area contributed by atoms with Gasteiger partial charge in [0.25, 0.3) is 0 Å². The zero-order chi connectivity index (χ0) is 12.7. The summed E-state index contributed by atoms with van der Waals surface area (Å²) in [6.45, 7) is 9.56. The van der Waals surface area contributed by atoms with Crippen molar-refractivity contribution in [3.8, 4) is 5.75 Å². The molecule has 0 atom stereocenters. The average molecular weight is 232 g/mol. The van der Waals surface area contributed by atoms with E-state index in [0.29, 0.717) is 0 Å². The van der Waals surface area contributed by atoms with Gasteiger partial charge in [-0.2, -0.15) is 0 Å². The Morgan fingerprint density at radius 3 is 2.24 bits per heavy atom. The normalized spacial score (nSPS) is 12.0. The van der Waals surface area contributed by atoms with Crippen LogP contribution < -0.4 is 4.74 Å². The van der Waals surface area contributed by atoms with Gasteiger partial charge in [0.1, 0.15) is 5.75 Å². The standard InChI is InChI=1S/C16H24O/c1-5-6-7-8-13-17-15-11-9-14(10-12-15)16(2,3)4/h6-7,9-12H,5,8,13H2,1-4H3/b7-6-. The summed E-state index contributed by atoms with van der Waals surface area (Å²) in [6.07, 6.45) is 6.42. The lowest BCUT2D eigenvalue weighted by molar-refractivity contribution is 0.324. The third kappa shape index (κ3) is 5.08. The molecule has 0 bridgehead atoms. The smallest absolute Gasteiger partial charge is 0.119 e. The van der Waals surface area contributed by atoms with E-state index in [4.69, 9.17) is 4.74 Å². The van der Waals surface area contributed by atoms with Crippen molar-refractivity contribution < 1.29 is 4.74 Å². The molecule has 0 aliphatic rings. The summed E-state index contributed by atoms with van der Waals surface area (Å²) in [5.74, 6) is 0.961. The van der Waals surface area contributed by atoms with Crippen LogP contribution in [0.15, 0.2) is 36.4 Å². The summed E-state index contributed by atoms with van der Waals surface area (Å²) in [5, 5.41) is 0. The highest BCUT2D eigenvalue weighted by molar-refractivity contribution is 5.31. The van der Waals surface area contributed by atoms with Crippen molar-refractivity contribution in [3.05, 3.63) is 42.0 Å². The quantitative estimate of drug-likeness (QED) is 0.527. The summed E-state index contributed by atoms with van der Waals surface area (Å²) in [4.78, 5) is 0. The highest BCUT2D eigenvalue weighted by Crippen LogP contribution is 2.24. The zero-order valence-electron chi connectivity index (χ0n) is 11.5. The van der Waals surface area contributed by atoms with Crippen molar-refractivity contribution in [1.29, 1.82) is 0 Å². The van der Waals surface area contributed by atoms with E-state index in [1.807, 2.05) is 0 Å². The van der Waals surface area contributed by atoms with Gasteiger partial charge in [0.05, 0.1) is 6.61 Å². The van der Waals surface area contributed by atoms with E-state index in [9.17, 15) is 0 Å². The average Bonchev–Trinajstić information content (AvgIpc) is 2.28. The molecule has 0 aliphatic heterocycles. The molecule has 0 aliphatic carbocycles. The molecule has 0 aromatic heterocycles. The molecule has 0 spiro atoms. The Kier molecular flexibility index (Phi) is 5.27. The first-order valence-electron chi connectivity index (χ1n) is 6.42. The summed E-state index contributed by atoms with van der Waals surface area (Å²) < 4.78 is 5.67. The van der Waals surface area contributed by atoms with Gasteiger partial charge in [-0.15, -0.1) is 0 Å². The number of benzene rings is 1. The number of hydrogen-bond donors (Lipinski definition) is 0. The van der Waals surface area contributed by atoms with Crippen molar-refractivity contribution in [3.63, 3.8) is 0 Å². The largest absolute Gasteiger partial charge is 0.493 e. The molecule has 0 heterocycles. The number of hydrogen-bond acceptors (Lipinski definition) is 1. The molecule has 1 nitrogen and oxygen atoms in total. The molecule has 1 rings (SSSR count). The third-order valence-corrected chi connectivity index (χ3v) is 2.68. The van der Waals surface area contributed by atoms with Crippen LogP contribution in [0, 0.1) is 0 Å². The van der Waals surface area contributed by atoms with Gasteiger partial charge in [0.2, 0.25) is 0 Å². The van der Waals surface area contributed by atoms with Gasteiger partial charge < -0.3 is 4.74 Å². The Morgan fingerprint density at radius 1 is 1.06 bits per heavy atom. The molecule has 1 aromatic carbocycles. The van der Waals surface area contributed by atoms with E-state index in [0.717, 1.165) is 25.2 Å². The maximum atomic E-state index is 5.67. The monoisotopic (exact) mass is 232 g/mol. The summed E-state index contributed by atoms with van der Waals surface area (Å²) in [5.41, 5.74) is 1.55. The van der Waals surface area contributed by atoms with Crippen LogP contribution in [0.2, 0.25) is 0 Å². The summed E-state index contributed by atoms with van der Waals surface area (Å²) in [6, 6.07) is 8.42. The van der Waals surface area contributed by atoms with Crippen LogP contribution in [0.4, 0.5) is 0 Å². The second kappa shape index (κ2) is 6.48. The minimum Gasteiger partial charge on any atom is -0.493 e. The highest BCUT2D eigenvalue weighted by atomic mass is 16.5. The van der Waals surface area contributed by atoms with Crippen LogP contribution in [0.5, 0.6) is 5.75 Å². The molecule has 1 aromatic rings. The number of allylic oxidation sites excluding steroid dienone is 1. The lowest BCUT2D eigenvalue weighted by Crippen LogP contribution is -2.10. The van der Waals surface area contributed by atoms with Gasteiger partial charge in [0, 0.05) is 0 Å². The molecular weight excluding hydrogens is 208 g/mol. The minimum atomic E-state index is 0.211. The van der Waals surface area contributed by atoms with E-state index in [-0.39, 0.29) is 5.41 Å². The van der Waals surface area contributed by atoms with Crippen molar-refractivity contribution >= 4 is 0 Å². The zero-order valence-corrected chi connectivity index (χ0v) is 11.5. The van der Waals surface area contributed by atoms with E-state index < -0.39 is 0 Å². The van der Waals surface area contributed by atoms with Crippen LogP contribution in [-0.4, -0.2) is 6.61 Å². The fourth-order valence-electron chi connectivity index (χ4n) is 1.58. The maximum Gasteiger partial charge on any atom is 0.119 e. The SMILES string of the molecule is CC/C=C\CCOc1ccc(C(C)(C)C)cc1. The van der Waals surface area contributed by atoms with E-state index in [2.05, 4.69) is 64.1 Å². The Labute approximate surface area is 106 Å². The molecule has 0 saturated carbocycles. The predicted molar refractivity (Wildman–Crippen MR) is 74.7 cm³/mol. The molecule has 1 heteroatoms. The number of rotatable bonds is 5. The van der Waals surface area contributed by atoms with Crippen LogP contribution >= 0.6 is 0 Å². The minimum absolute atomic E-state index is 0.211. The van der Waals surface area contributed by atoms with Crippen molar-refractivity contribution in [2.24, 2.45) is 0 Å². The van der Waals surface area contributed by atoms with Gasteiger partial charge in [-0.3, -0.25) is 0 Å². The lowest BCUT2D eigenvalue weighted by Gasteiger charge is -2.19. The fourth-order valence-corrected chi connectivity index (χ4v) is 1.58. The Morgan fingerprint density at radius 2 is 1.71 bits per heavy atom. The van der Waals surface area contributed by atoms with Crippen LogP contribution in [-0.2, 0) is 5.41 Å². The van der Waals surface area contributed by atoms with Gasteiger partial charge in [-0.05, 0) is 36.0 Å². The van der Waals surface area contributed by atoms with Crippen molar-refractivity contribution in [2.75, 3.05) is 6.61 Å². The Balaban J connectivity index is 2.43. The first-order valence-corrected chi connectivity index (χ1v) is 6.42. The molecule has 0 saturated heterocycles. The lowest BCUT2D eigenvalue weighted by atomic mass is 9.87. The van der Waals surface area contributed by atoms with Gasteiger partial charge >= 0.3 is 0 Å². The molecule has 0 amide bonds. The van der Waals surface area contributed by atoms with Crippen molar-refractivity contribution in [1.82, 2.24) is 0 Å². The third-order valence-electron chi connectivity index (χ3n) is 2.68. The van der Waals surface area contributed by atoms with E-state index in [1.165, 1.54) is 5.56 Å². The Hall–Kier alpha value is -1.24. The molecule has 0 fully saturated rings. The molecule has 0 N–H and O–H groups in total. The van der Waals surface area contributed by atoms with Crippen LogP contribution in [0.3, 0.4) is 0 Å². The first-order chi connectivity index (χ1) is 8.04. The molecule has 0 radical (unpaired) electrons. The van der Waals surface area contributed by atoms with Gasteiger partial charge in [-0.25, -0.2) is 0 Å². The second-order valence-corrected chi connectivity index (χ2v) is 5.29. The van der Waals surface area contributed by atoms with Crippen LogP contribution in [0.1, 0.15) is 46.1 Å². The van der Waals surface area contributed by atoms with Gasteiger partial charge in [0.15, 0.2) is 0 Å². The van der Waals surface area contributed by atoms with Crippen molar-refractivity contribution in [2.45, 2.75) is 46.0 Å². The highest BCUT2D eigenvalue weighted by Gasteiger charge is 2.12. The molecule has 0 unspecified atom stereocenters. The summed E-state index contributed by atoms with van der Waals surface area (Å²) in [7, 11) is 0. The number of ether oxygens (including phenoxy) is 1. The molecule has 94 valence electrons. The first kappa shape index (κ1) is 13.8. The Bertz CT molecular complexity index is 341. The summed E-state index contributed by atoms with van der Waals surface area (Å²) >= 11 is 0. The van der Waals surface area contributed by atoms with Crippen LogP contribution in [0.25, 0.3) is 0 Å². The second-order valence-electron chi connectivity index (χ2n) is 5.29. The molecule has 17 heavy (non-hydrogen) atoms. The predicted octanol–water partition coefficient (Wildman–Crippen LogP) is 4.72. The van der Waals surface area contributed by atoms with E-state index in [1.54, 1.807) is 0 Å². The molecular formula is C16H24O. The topological polar surface area (TPSA) is 9.23 Å². The maximum absolute atomic E-state index is 5.67. The van der Waals surface area contributed by atoms with Gasteiger partial charge in [-0.1, -0.05) is 52.0 Å².